The van der Waals surface area contributed by atoms with Gasteiger partial charge in [-0.2, -0.15) is 0 Å². The van der Waals surface area contributed by atoms with Crippen LogP contribution >= 0.6 is 11.8 Å². The van der Waals surface area contributed by atoms with Crippen molar-refractivity contribution in [3.8, 4) is 0 Å². The zero-order chi connectivity index (χ0) is 14.8. The second-order valence-corrected chi connectivity index (χ2v) is 5.47. The molecular weight excluding hydrogens is 294 g/mol. The topological polar surface area (TPSA) is 94.3 Å². The molecule has 0 saturated carbocycles. The lowest BCUT2D eigenvalue weighted by Gasteiger charge is -2.32. The Morgan fingerprint density at radius 3 is 3.14 bits per heavy atom. The van der Waals surface area contributed by atoms with Crippen molar-refractivity contribution in [3.05, 3.63) is 12.7 Å². The predicted octanol–water partition coefficient (Wildman–Crippen LogP) is 0.214. The van der Waals surface area contributed by atoms with Crippen LogP contribution < -0.4 is 5.43 Å². The number of thioether (sulfide) groups is 1. The zero-order valence-corrected chi connectivity index (χ0v) is 12.6. The Balaban J connectivity index is 1.73. The van der Waals surface area contributed by atoms with Crippen LogP contribution in [0.2, 0.25) is 0 Å². The van der Waals surface area contributed by atoms with E-state index in [1.807, 2.05) is 13.2 Å². The summed E-state index contributed by atoms with van der Waals surface area (Å²) in [6.45, 7) is 2.51. The smallest absolute Gasteiger partial charge is 0.183 e. The highest BCUT2D eigenvalue weighted by Gasteiger charge is 2.28. The summed E-state index contributed by atoms with van der Waals surface area (Å²) < 4.78 is 12.5. The van der Waals surface area contributed by atoms with E-state index < -0.39 is 6.10 Å². The molecule has 2 aromatic rings. The lowest BCUT2D eigenvalue weighted by atomic mass is 10.2. The molecule has 1 saturated heterocycles. The monoisotopic (exact) mass is 311 g/mol. The van der Waals surface area contributed by atoms with E-state index in [0.29, 0.717) is 12.2 Å². The number of aliphatic hydroxyl groups is 1. The Morgan fingerprint density at radius 2 is 2.33 bits per heavy atom. The van der Waals surface area contributed by atoms with Gasteiger partial charge in [-0.1, -0.05) is 0 Å². The van der Waals surface area contributed by atoms with Gasteiger partial charge in [0.05, 0.1) is 13.2 Å². The Bertz CT molecular complexity index is 622. The van der Waals surface area contributed by atoms with Crippen molar-refractivity contribution in [1.82, 2.24) is 19.6 Å². The number of nitrogens with zero attached hydrogens (tertiary/aromatic N) is 4. The van der Waals surface area contributed by atoms with Crippen LogP contribution in [0.5, 0.6) is 0 Å². The second-order valence-electron chi connectivity index (χ2n) is 4.67. The quantitative estimate of drug-likeness (QED) is 0.611. The van der Waals surface area contributed by atoms with Crippen LogP contribution in [-0.2, 0) is 9.47 Å². The third-order valence-electron chi connectivity index (χ3n) is 3.25. The molecule has 114 valence electrons. The normalized spacial score (nSPS) is 26.1. The minimum Gasteiger partial charge on any atom is -0.388 e. The Kier molecular flexibility index (Phi) is 4.24. The third kappa shape index (κ3) is 2.95. The number of rotatable bonds is 4. The summed E-state index contributed by atoms with van der Waals surface area (Å²) in [4.78, 5) is 12.7. The molecule has 0 bridgehead atoms. The first kappa shape index (κ1) is 14.5. The van der Waals surface area contributed by atoms with Gasteiger partial charge in [0.15, 0.2) is 11.9 Å². The molecule has 0 amide bonds. The predicted molar refractivity (Wildman–Crippen MR) is 77.6 cm³/mol. The minimum atomic E-state index is -0.653. The molecule has 1 fully saturated rings. The minimum absolute atomic E-state index is 0.275. The molecule has 8 nitrogen and oxygen atoms in total. The van der Waals surface area contributed by atoms with Crippen molar-refractivity contribution in [2.45, 2.75) is 30.4 Å². The molecule has 21 heavy (non-hydrogen) atoms. The van der Waals surface area contributed by atoms with Crippen molar-refractivity contribution in [2.75, 3.05) is 24.8 Å². The fourth-order valence-corrected chi connectivity index (χ4v) is 2.66. The summed E-state index contributed by atoms with van der Waals surface area (Å²) in [6.07, 6.45) is 3.80. The molecule has 1 aliphatic heterocycles. The van der Waals surface area contributed by atoms with E-state index in [9.17, 15) is 5.11 Å². The molecule has 1 aliphatic rings. The molecule has 0 aliphatic carbocycles. The van der Waals surface area contributed by atoms with Gasteiger partial charge in [-0.15, -0.1) is 11.8 Å². The van der Waals surface area contributed by atoms with Crippen LogP contribution in [0.4, 0.5) is 0 Å². The van der Waals surface area contributed by atoms with Gasteiger partial charge < -0.3 is 20.0 Å². The van der Waals surface area contributed by atoms with Crippen molar-refractivity contribution in [3.63, 3.8) is 0 Å². The molecule has 3 unspecified atom stereocenters. The maximum absolute atomic E-state index is 9.87. The van der Waals surface area contributed by atoms with E-state index in [2.05, 4.69) is 20.4 Å². The largest absolute Gasteiger partial charge is 0.388 e. The average Bonchev–Trinajstić information content (AvgIpc) is 2.91. The Labute approximate surface area is 125 Å². The van der Waals surface area contributed by atoms with Crippen LogP contribution in [0.1, 0.15) is 6.92 Å². The molecule has 9 heteroatoms. The Hall–Kier alpha value is -1.42. The second kappa shape index (κ2) is 6.14. The van der Waals surface area contributed by atoms with Gasteiger partial charge in [-0.25, -0.2) is 19.6 Å². The van der Waals surface area contributed by atoms with E-state index in [1.54, 1.807) is 11.0 Å². The van der Waals surface area contributed by atoms with Crippen molar-refractivity contribution in [1.29, 1.82) is 0 Å². The van der Waals surface area contributed by atoms with Crippen LogP contribution in [0.15, 0.2) is 17.7 Å². The Morgan fingerprint density at radius 1 is 1.48 bits per heavy atom. The first-order valence-corrected chi connectivity index (χ1v) is 7.82. The van der Waals surface area contributed by atoms with Crippen molar-refractivity contribution < 1.29 is 14.6 Å². The lowest BCUT2D eigenvalue weighted by Crippen LogP contribution is -2.47. The van der Waals surface area contributed by atoms with Gasteiger partial charge in [0.2, 0.25) is 0 Å². The fourth-order valence-electron chi connectivity index (χ4n) is 2.17. The summed E-state index contributed by atoms with van der Waals surface area (Å²) in [5, 5.41) is 10.7. The first-order chi connectivity index (χ1) is 10.2. The molecule has 0 aromatic carbocycles. The van der Waals surface area contributed by atoms with Gasteiger partial charge in [0, 0.05) is 0 Å². The van der Waals surface area contributed by atoms with Crippen molar-refractivity contribution in [2.24, 2.45) is 0 Å². The molecule has 2 aromatic heterocycles. The third-order valence-corrected chi connectivity index (χ3v) is 3.94. The number of imidazole rings is 1. The maximum Gasteiger partial charge on any atom is 0.183 e. The summed E-state index contributed by atoms with van der Waals surface area (Å²) >= 11 is 1.52. The number of nitrogens with one attached hydrogen (secondary N) is 1. The summed E-state index contributed by atoms with van der Waals surface area (Å²) in [5.74, 6) is 0. The van der Waals surface area contributed by atoms with Gasteiger partial charge >= 0.3 is 0 Å². The summed E-state index contributed by atoms with van der Waals surface area (Å²) in [7, 11) is 0. The molecule has 0 radical (unpaired) electrons. The zero-order valence-electron chi connectivity index (χ0n) is 11.8. The summed E-state index contributed by atoms with van der Waals surface area (Å²) in [5.41, 5.74) is 4.60. The van der Waals surface area contributed by atoms with Crippen molar-refractivity contribution >= 4 is 22.9 Å². The fraction of sp³-hybridized carbons (Fsp3) is 0.583. The molecule has 3 atom stereocenters. The number of hydrogen-bond acceptors (Lipinski definition) is 8. The molecule has 3 rings (SSSR count). The van der Waals surface area contributed by atoms with Crippen LogP contribution in [-0.4, -0.2) is 62.6 Å². The highest BCUT2D eigenvalue weighted by Crippen LogP contribution is 2.20. The van der Waals surface area contributed by atoms with E-state index in [0.717, 1.165) is 10.5 Å². The number of ether oxygens (including phenoxy) is 2. The highest BCUT2D eigenvalue weighted by atomic mass is 32.2. The van der Waals surface area contributed by atoms with Crippen LogP contribution in [0.25, 0.3) is 11.2 Å². The van der Waals surface area contributed by atoms with E-state index >= 15 is 0 Å². The van der Waals surface area contributed by atoms with E-state index in [-0.39, 0.29) is 19.0 Å². The molecule has 3 heterocycles. The molecule has 0 spiro atoms. The molecular formula is C12H17N5O3S. The lowest BCUT2D eigenvalue weighted by molar-refractivity contribution is -0.240. The SMILES string of the molecule is CSc1ncnc2c1ncn2NCC1OC(C)OCC1O. The highest BCUT2D eigenvalue weighted by molar-refractivity contribution is 7.98. The van der Waals surface area contributed by atoms with Gasteiger partial charge in [0.1, 0.15) is 35.4 Å². The van der Waals surface area contributed by atoms with Gasteiger partial charge in [-0.05, 0) is 13.2 Å². The molecule has 2 N–H and O–H groups in total. The van der Waals surface area contributed by atoms with Gasteiger partial charge in [-0.3, -0.25) is 0 Å². The van der Waals surface area contributed by atoms with E-state index in [4.69, 9.17) is 9.47 Å². The average molecular weight is 311 g/mol. The number of aliphatic hydroxyl groups excluding tert-OH is 1. The number of hydrogen-bond donors (Lipinski definition) is 2. The van der Waals surface area contributed by atoms with E-state index in [1.165, 1.54) is 18.1 Å². The maximum atomic E-state index is 9.87. The summed E-state index contributed by atoms with van der Waals surface area (Å²) in [6, 6.07) is 0. The number of fused-ring (bicyclic) bond motifs is 1. The van der Waals surface area contributed by atoms with Gasteiger partial charge in [0.25, 0.3) is 0 Å². The number of aromatic nitrogens is 4. The standard InChI is InChI=1S/C12H17N5O3S/c1-7-19-4-8(18)9(20-7)3-16-17-6-15-10-11(17)13-5-14-12(10)21-2/h5-9,16,18H,3-4H2,1-2H3. The van der Waals surface area contributed by atoms with Crippen LogP contribution in [0.3, 0.4) is 0 Å². The first-order valence-electron chi connectivity index (χ1n) is 6.60. The van der Waals surface area contributed by atoms with Crippen LogP contribution in [0, 0.1) is 0 Å².